The number of hydrogen-bond donors (Lipinski definition) is 2. The first-order chi connectivity index (χ1) is 7.77. The number of aliphatic hydroxyl groups is 1. The lowest BCUT2D eigenvalue weighted by molar-refractivity contribution is 0.0380. The zero-order chi connectivity index (χ0) is 13.1. The number of aliphatic hydroxyl groups excluding tert-OH is 1. The van der Waals surface area contributed by atoms with E-state index in [-0.39, 0.29) is 12.1 Å². The third-order valence-corrected chi connectivity index (χ3v) is 3.98. The molecule has 4 heteroatoms. The smallest absolute Gasteiger partial charge is 0.0608 e. The van der Waals surface area contributed by atoms with E-state index in [4.69, 9.17) is 10.8 Å². The monoisotopic (exact) mass is 243 g/mol. The molecule has 0 aromatic heterocycles. The standard InChI is InChI=1S/C13H29N3O/c1-12(2)10-16(9-8-15(12)4)7-5-6-13(3,14)11-17/h17H,5-11,14H2,1-4H3. The molecule has 0 bridgehead atoms. The predicted octanol–water partition coefficient (Wildman–Crippen LogP) is 0.502. The number of nitrogens with two attached hydrogens (primary N) is 1. The van der Waals surface area contributed by atoms with Crippen molar-refractivity contribution in [1.29, 1.82) is 0 Å². The average molecular weight is 243 g/mol. The molecule has 17 heavy (non-hydrogen) atoms. The lowest BCUT2D eigenvalue weighted by Crippen LogP contribution is -2.57. The van der Waals surface area contributed by atoms with Crippen molar-refractivity contribution in [3.05, 3.63) is 0 Å². The van der Waals surface area contributed by atoms with Crippen molar-refractivity contribution in [2.45, 2.75) is 44.7 Å². The first kappa shape index (κ1) is 14.9. The Morgan fingerprint density at radius 2 is 2.00 bits per heavy atom. The van der Waals surface area contributed by atoms with Gasteiger partial charge in [-0.15, -0.1) is 0 Å². The second-order valence-electron chi connectivity index (χ2n) is 6.43. The van der Waals surface area contributed by atoms with Gasteiger partial charge in [-0.05, 0) is 47.2 Å². The number of rotatable bonds is 5. The van der Waals surface area contributed by atoms with Crippen LogP contribution in [-0.4, -0.2) is 65.8 Å². The van der Waals surface area contributed by atoms with Crippen LogP contribution >= 0.6 is 0 Å². The summed E-state index contributed by atoms with van der Waals surface area (Å²) in [7, 11) is 2.19. The maximum atomic E-state index is 9.10. The van der Waals surface area contributed by atoms with Crippen LogP contribution in [0, 0.1) is 0 Å². The van der Waals surface area contributed by atoms with Gasteiger partial charge in [0.05, 0.1) is 6.61 Å². The Morgan fingerprint density at radius 3 is 2.53 bits per heavy atom. The van der Waals surface area contributed by atoms with E-state index >= 15 is 0 Å². The zero-order valence-corrected chi connectivity index (χ0v) is 11.9. The van der Waals surface area contributed by atoms with E-state index in [1.807, 2.05) is 6.92 Å². The van der Waals surface area contributed by atoms with Crippen LogP contribution in [0.5, 0.6) is 0 Å². The highest BCUT2D eigenvalue weighted by atomic mass is 16.3. The molecule has 1 fully saturated rings. The van der Waals surface area contributed by atoms with Gasteiger partial charge < -0.3 is 15.7 Å². The summed E-state index contributed by atoms with van der Waals surface area (Å²) in [6, 6.07) is 0. The Bertz CT molecular complexity index is 241. The molecule has 3 N–H and O–H groups in total. The van der Waals surface area contributed by atoms with Gasteiger partial charge in [-0.1, -0.05) is 0 Å². The molecule has 1 saturated heterocycles. The lowest BCUT2D eigenvalue weighted by atomic mass is 9.96. The maximum absolute atomic E-state index is 9.10. The second-order valence-corrected chi connectivity index (χ2v) is 6.43. The number of piperazine rings is 1. The highest BCUT2D eigenvalue weighted by Crippen LogP contribution is 2.19. The topological polar surface area (TPSA) is 52.7 Å². The Kier molecular flexibility index (Phi) is 4.95. The highest BCUT2D eigenvalue weighted by molar-refractivity contribution is 4.88. The third-order valence-electron chi connectivity index (χ3n) is 3.98. The Balaban J connectivity index is 2.30. The molecule has 102 valence electrons. The van der Waals surface area contributed by atoms with E-state index in [0.717, 1.165) is 39.0 Å². The van der Waals surface area contributed by atoms with Crippen LogP contribution in [0.15, 0.2) is 0 Å². The third kappa shape index (κ3) is 4.54. The van der Waals surface area contributed by atoms with Crippen molar-refractivity contribution in [3.63, 3.8) is 0 Å². The minimum Gasteiger partial charge on any atom is -0.394 e. The molecule has 0 saturated carbocycles. The van der Waals surface area contributed by atoms with E-state index < -0.39 is 5.54 Å². The van der Waals surface area contributed by atoms with Gasteiger partial charge in [0.2, 0.25) is 0 Å². The summed E-state index contributed by atoms with van der Waals surface area (Å²) in [6.45, 7) is 11.0. The van der Waals surface area contributed by atoms with Crippen LogP contribution in [0.1, 0.15) is 33.6 Å². The molecule has 0 spiro atoms. The molecule has 1 aliphatic heterocycles. The van der Waals surface area contributed by atoms with E-state index in [9.17, 15) is 0 Å². The minimum atomic E-state index is -0.415. The van der Waals surface area contributed by atoms with Crippen molar-refractivity contribution >= 4 is 0 Å². The quantitative estimate of drug-likeness (QED) is 0.738. The minimum absolute atomic E-state index is 0.0707. The molecule has 0 radical (unpaired) electrons. The lowest BCUT2D eigenvalue weighted by Gasteiger charge is -2.45. The van der Waals surface area contributed by atoms with Crippen LogP contribution < -0.4 is 5.73 Å². The van der Waals surface area contributed by atoms with Gasteiger partial charge in [0.1, 0.15) is 0 Å². The molecular weight excluding hydrogens is 214 g/mol. The first-order valence-corrected chi connectivity index (χ1v) is 6.60. The van der Waals surface area contributed by atoms with Gasteiger partial charge >= 0.3 is 0 Å². The molecule has 0 aliphatic carbocycles. The number of likely N-dealkylation sites (N-methyl/N-ethyl adjacent to an activating group) is 1. The summed E-state index contributed by atoms with van der Waals surface area (Å²) in [5.74, 6) is 0. The fourth-order valence-electron chi connectivity index (χ4n) is 2.32. The molecule has 0 amide bonds. The van der Waals surface area contributed by atoms with Crippen LogP contribution in [0.2, 0.25) is 0 Å². The fourth-order valence-corrected chi connectivity index (χ4v) is 2.32. The number of nitrogens with zero attached hydrogens (tertiary/aromatic N) is 2. The molecule has 1 heterocycles. The van der Waals surface area contributed by atoms with Gasteiger partial charge in [0.25, 0.3) is 0 Å². The average Bonchev–Trinajstić information content (AvgIpc) is 2.23. The largest absolute Gasteiger partial charge is 0.394 e. The van der Waals surface area contributed by atoms with Crippen LogP contribution in [0.3, 0.4) is 0 Å². The maximum Gasteiger partial charge on any atom is 0.0608 e. The van der Waals surface area contributed by atoms with Gasteiger partial charge in [0, 0.05) is 30.7 Å². The summed E-state index contributed by atoms with van der Waals surface area (Å²) in [4.78, 5) is 4.93. The van der Waals surface area contributed by atoms with Gasteiger partial charge in [-0.3, -0.25) is 4.90 Å². The fraction of sp³-hybridized carbons (Fsp3) is 1.00. The van der Waals surface area contributed by atoms with Crippen LogP contribution in [-0.2, 0) is 0 Å². The van der Waals surface area contributed by atoms with Crippen molar-refractivity contribution in [2.24, 2.45) is 5.73 Å². The van der Waals surface area contributed by atoms with Gasteiger partial charge in [-0.25, -0.2) is 0 Å². The van der Waals surface area contributed by atoms with Crippen LogP contribution in [0.4, 0.5) is 0 Å². The molecule has 4 nitrogen and oxygen atoms in total. The molecule has 0 aromatic rings. The Morgan fingerprint density at radius 1 is 1.35 bits per heavy atom. The van der Waals surface area contributed by atoms with Gasteiger partial charge in [-0.2, -0.15) is 0 Å². The highest BCUT2D eigenvalue weighted by Gasteiger charge is 2.30. The Labute approximate surface area is 106 Å². The summed E-state index contributed by atoms with van der Waals surface area (Å²) in [5, 5.41) is 9.10. The number of hydrogen-bond acceptors (Lipinski definition) is 4. The zero-order valence-electron chi connectivity index (χ0n) is 11.9. The van der Waals surface area contributed by atoms with Crippen molar-refractivity contribution in [2.75, 3.05) is 39.8 Å². The van der Waals surface area contributed by atoms with E-state index in [0.29, 0.717) is 0 Å². The van der Waals surface area contributed by atoms with Crippen molar-refractivity contribution in [1.82, 2.24) is 9.80 Å². The van der Waals surface area contributed by atoms with E-state index in [1.54, 1.807) is 0 Å². The second kappa shape index (κ2) is 5.65. The molecule has 1 rings (SSSR count). The predicted molar refractivity (Wildman–Crippen MR) is 72.1 cm³/mol. The molecule has 1 unspecified atom stereocenters. The van der Waals surface area contributed by atoms with Crippen LogP contribution in [0.25, 0.3) is 0 Å². The molecule has 0 aromatic carbocycles. The van der Waals surface area contributed by atoms with Gasteiger partial charge in [0.15, 0.2) is 0 Å². The normalized spacial score (nSPS) is 25.8. The summed E-state index contributed by atoms with van der Waals surface area (Å²) < 4.78 is 0. The summed E-state index contributed by atoms with van der Waals surface area (Å²) >= 11 is 0. The molecule has 1 aliphatic rings. The summed E-state index contributed by atoms with van der Waals surface area (Å²) in [5.41, 5.74) is 5.78. The summed E-state index contributed by atoms with van der Waals surface area (Å²) in [6.07, 6.45) is 1.95. The van der Waals surface area contributed by atoms with Crippen molar-refractivity contribution < 1.29 is 5.11 Å². The van der Waals surface area contributed by atoms with E-state index in [2.05, 4.69) is 30.7 Å². The van der Waals surface area contributed by atoms with Crippen molar-refractivity contribution in [3.8, 4) is 0 Å². The molecular formula is C13H29N3O. The first-order valence-electron chi connectivity index (χ1n) is 6.60. The Hall–Kier alpha value is -0.160. The SMILES string of the molecule is CN1CCN(CCCC(C)(N)CO)CC1(C)C. The van der Waals surface area contributed by atoms with E-state index in [1.165, 1.54) is 0 Å². The molecule has 1 atom stereocenters.